The Kier molecular flexibility index (Phi) is 7.41. The Balaban J connectivity index is 1.66. The maximum absolute atomic E-state index is 14.9. The molecule has 0 N–H and O–H groups in total. The normalized spacial score (nSPS) is 15.5. The van der Waals surface area contributed by atoms with Crippen LogP contribution in [0.2, 0.25) is 0 Å². The number of nitrogens with zero attached hydrogens (tertiary/aromatic N) is 2. The van der Waals surface area contributed by atoms with Gasteiger partial charge >= 0.3 is 0 Å². The van der Waals surface area contributed by atoms with Gasteiger partial charge in [0.15, 0.2) is 0 Å². The first-order chi connectivity index (χ1) is 16.7. The highest BCUT2D eigenvalue weighted by Gasteiger charge is 2.30. The number of benzene rings is 1. The van der Waals surface area contributed by atoms with Gasteiger partial charge in [0.2, 0.25) is 11.8 Å². The number of methoxy groups -OCH3 is 2. The van der Waals surface area contributed by atoms with E-state index in [9.17, 15) is 4.39 Å². The smallest absolute Gasteiger partial charge is 0.213 e. The molecule has 1 aromatic carbocycles. The Morgan fingerprint density at radius 1 is 1.00 bits per heavy atom. The zero-order valence-electron chi connectivity index (χ0n) is 21.5. The van der Waals surface area contributed by atoms with Gasteiger partial charge < -0.3 is 14.2 Å². The fourth-order valence-corrected chi connectivity index (χ4v) is 4.66. The van der Waals surface area contributed by atoms with E-state index >= 15 is 0 Å². The summed E-state index contributed by atoms with van der Waals surface area (Å²) in [5.41, 5.74) is 4.06. The number of aromatic nitrogens is 2. The van der Waals surface area contributed by atoms with Gasteiger partial charge in [-0.3, -0.25) is 0 Å². The van der Waals surface area contributed by atoms with Crippen LogP contribution >= 0.6 is 0 Å². The Bertz CT molecular complexity index is 1170. The zero-order chi connectivity index (χ0) is 25.2. The molecule has 1 aliphatic rings. The van der Waals surface area contributed by atoms with E-state index in [1.165, 1.54) is 31.7 Å². The molecule has 0 spiro atoms. The van der Waals surface area contributed by atoms with E-state index in [0.717, 1.165) is 22.6 Å². The second kappa shape index (κ2) is 10.3. The van der Waals surface area contributed by atoms with Gasteiger partial charge in [-0.25, -0.2) is 14.4 Å². The van der Waals surface area contributed by atoms with E-state index in [2.05, 4.69) is 43.7 Å². The van der Waals surface area contributed by atoms with Gasteiger partial charge in [0, 0.05) is 31.0 Å². The quantitative estimate of drug-likeness (QED) is 0.328. The van der Waals surface area contributed by atoms with Crippen LogP contribution in [-0.4, -0.2) is 24.2 Å². The topological polar surface area (TPSA) is 53.5 Å². The van der Waals surface area contributed by atoms with Gasteiger partial charge in [0.25, 0.3) is 0 Å². The van der Waals surface area contributed by atoms with E-state index in [-0.39, 0.29) is 11.5 Å². The van der Waals surface area contributed by atoms with Crippen molar-refractivity contribution >= 4 is 0 Å². The predicted molar refractivity (Wildman–Crippen MR) is 135 cm³/mol. The van der Waals surface area contributed by atoms with E-state index in [4.69, 9.17) is 14.2 Å². The average molecular weight is 479 g/mol. The lowest BCUT2D eigenvalue weighted by atomic mass is 9.81. The maximum Gasteiger partial charge on any atom is 0.213 e. The van der Waals surface area contributed by atoms with Gasteiger partial charge in [0.1, 0.15) is 12.4 Å². The largest absolute Gasteiger partial charge is 0.481 e. The molecule has 5 nitrogen and oxygen atoms in total. The molecule has 1 fully saturated rings. The highest BCUT2D eigenvalue weighted by molar-refractivity contribution is 5.70. The summed E-state index contributed by atoms with van der Waals surface area (Å²) in [4.78, 5) is 8.39. The predicted octanol–water partition coefficient (Wildman–Crippen LogP) is 7.12. The standard InChI is InChI=1S/C29H35FN2O3/c1-18(20-8-9-20)21-11-12-31-27(14-21)35-17-19-7-10-22(23-15-26(33-5)32-16-25(23)30)24(13-19)28(34-6)29(2,3)4/h7,10-16,18,20,28H,8-9,17H2,1-6H3/t18-,28+/m0/s1. The van der Waals surface area contributed by atoms with Crippen LogP contribution in [0.1, 0.15) is 69.2 Å². The van der Waals surface area contributed by atoms with E-state index < -0.39 is 5.82 Å². The number of halogens is 1. The first-order valence-corrected chi connectivity index (χ1v) is 12.2. The van der Waals surface area contributed by atoms with Gasteiger partial charge in [-0.15, -0.1) is 0 Å². The summed E-state index contributed by atoms with van der Waals surface area (Å²) in [6.07, 6.45) is 5.34. The molecule has 2 heterocycles. The van der Waals surface area contributed by atoms with Crippen molar-refractivity contribution in [1.82, 2.24) is 9.97 Å². The summed E-state index contributed by atoms with van der Waals surface area (Å²) < 4.78 is 32.1. The first kappa shape index (κ1) is 25.1. The second-order valence-corrected chi connectivity index (χ2v) is 10.5. The fourth-order valence-electron chi connectivity index (χ4n) is 4.66. The van der Waals surface area contributed by atoms with Crippen molar-refractivity contribution in [3.05, 3.63) is 71.3 Å². The third-order valence-electron chi connectivity index (χ3n) is 6.75. The van der Waals surface area contributed by atoms with Crippen LogP contribution in [0.15, 0.2) is 48.8 Å². The van der Waals surface area contributed by atoms with Crippen LogP contribution in [0.5, 0.6) is 11.8 Å². The molecule has 1 saturated carbocycles. The number of hydrogen-bond acceptors (Lipinski definition) is 5. The minimum atomic E-state index is -0.411. The van der Waals surface area contributed by atoms with Gasteiger partial charge in [-0.2, -0.15) is 0 Å². The van der Waals surface area contributed by atoms with Crippen molar-refractivity contribution in [3.63, 3.8) is 0 Å². The van der Waals surface area contributed by atoms with Crippen molar-refractivity contribution in [2.45, 2.75) is 59.2 Å². The molecule has 2 atom stereocenters. The van der Waals surface area contributed by atoms with Crippen molar-refractivity contribution in [3.8, 4) is 22.9 Å². The second-order valence-electron chi connectivity index (χ2n) is 10.5. The number of ether oxygens (including phenoxy) is 3. The fraction of sp³-hybridized carbons (Fsp3) is 0.448. The van der Waals surface area contributed by atoms with E-state index in [1.54, 1.807) is 13.2 Å². The maximum atomic E-state index is 14.9. The molecule has 3 aromatic rings. The van der Waals surface area contributed by atoms with Crippen molar-refractivity contribution in [2.24, 2.45) is 11.3 Å². The third kappa shape index (κ3) is 5.81. The molecule has 2 aromatic heterocycles. The molecular formula is C29H35FN2O3. The monoisotopic (exact) mass is 478 g/mol. The Morgan fingerprint density at radius 3 is 2.43 bits per heavy atom. The van der Waals surface area contributed by atoms with Crippen LogP contribution < -0.4 is 9.47 Å². The molecule has 6 heteroatoms. The molecule has 1 aliphatic carbocycles. The van der Waals surface area contributed by atoms with Crippen LogP contribution in [0.4, 0.5) is 4.39 Å². The molecule has 4 rings (SSSR count). The lowest BCUT2D eigenvalue weighted by Crippen LogP contribution is -2.21. The highest BCUT2D eigenvalue weighted by Crippen LogP contribution is 2.43. The summed E-state index contributed by atoms with van der Waals surface area (Å²) in [5.74, 6) is 1.86. The first-order valence-electron chi connectivity index (χ1n) is 12.2. The Hall–Kier alpha value is -2.99. The summed E-state index contributed by atoms with van der Waals surface area (Å²) >= 11 is 0. The summed E-state index contributed by atoms with van der Waals surface area (Å²) in [6.45, 7) is 8.94. The minimum absolute atomic E-state index is 0.217. The molecule has 35 heavy (non-hydrogen) atoms. The molecule has 0 radical (unpaired) electrons. The summed E-state index contributed by atoms with van der Waals surface area (Å²) in [6, 6.07) is 11.7. The SMILES string of the molecule is COc1cc(-c2ccc(COc3cc([C@@H](C)C4CC4)ccn3)cc2[C@@H](OC)C(C)(C)C)c(F)cn1. The van der Waals surface area contributed by atoms with Crippen LogP contribution in [0.25, 0.3) is 11.1 Å². The molecule has 0 bridgehead atoms. The number of rotatable bonds is 9. The molecule has 0 amide bonds. The minimum Gasteiger partial charge on any atom is -0.481 e. The van der Waals surface area contributed by atoms with Gasteiger partial charge in [-0.1, -0.05) is 39.8 Å². The zero-order valence-corrected chi connectivity index (χ0v) is 21.5. The van der Waals surface area contributed by atoms with Crippen molar-refractivity contribution in [2.75, 3.05) is 14.2 Å². The number of hydrogen-bond donors (Lipinski definition) is 0. The van der Waals surface area contributed by atoms with Crippen molar-refractivity contribution < 1.29 is 18.6 Å². The van der Waals surface area contributed by atoms with Gasteiger partial charge in [0.05, 0.1) is 19.4 Å². The molecule has 0 saturated heterocycles. The van der Waals surface area contributed by atoms with E-state index in [0.29, 0.717) is 29.8 Å². The van der Waals surface area contributed by atoms with Crippen LogP contribution in [-0.2, 0) is 11.3 Å². The summed E-state index contributed by atoms with van der Waals surface area (Å²) in [5, 5.41) is 0. The summed E-state index contributed by atoms with van der Waals surface area (Å²) in [7, 11) is 3.20. The molecule has 0 unspecified atom stereocenters. The third-order valence-corrected chi connectivity index (χ3v) is 6.75. The van der Waals surface area contributed by atoms with Crippen molar-refractivity contribution in [1.29, 1.82) is 0 Å². The lowest BCUT2D eigenvalue weighted by molar-refractivity contribution is 0.0155. The molecule has 0 aliphatic heterocycles. The Morgan fingerprint density at radius 2 is 1.77 bits per heavy atom. The van der Waals surface area contributed by atoms with E-state index in [1.807, 2.05) is 30.5 Å². The highest BCUT2D eigenvalue weighted by atomic mass is 19.1. The van der Waals surface area contributed by atoms with Crippen LogP contribution in [0, 0.1) is 17.2 Å². The molecule has 186 valence electrons. The average Bonchev–Trinajstić information content (AvgIpc) is 3.68. The Labute approximate surface area is 207 Å². The number of pyridine rings is 2. The van der Waals surface area contributed by atoms with Crippen LogP contribution in [0.3, 0.4) is 0 Å². The lowest BCUT2D eigenvalue weighted by Gasteiger charge is -2.32. The molecular weight excluding hydrogens is 443 g/mol. The van der Waals surface area contributed by atoms with Gasteiger partial charge in [-0.05, 0) is 64.5 Å².